The number of nitrogens with one attached hydrogen (secondary N) is 1. The normalized spacial score (nSPS) is 16.4. The van der Waals surface area contributed by atoms with E-state index in [0.717, 1.165) is 55.5 Å². The second-order valence-electron chi connectivity index (χ2n) is 5.60. The molecule has 5 heteroatoms. The number of hydrogen-bond donors (Lipinski definition) is 2. The van der Waals surface area contributed by atoms with Crippen molar-refractivity contribution in [2.24, 2.45) is 11.7 Å². The van der Waals surface area contributed by atoms with Crippen molar-refractivity contribution in [3.8, 4) is 0 Å². The molecule has 1 amide bonds. The number of aromatic nitrogens is 1. The molecule has 2 heterocycles. The monoisotopic (exact) mass is 276 g/mol. The number of nitrogens with two attached hydrogens (primary N) is 1. The van der Waals surface area contributed by atoms with Crippen LogP contribution in [0.2, 0.25) is 0 Å². The van der Waals surface area contributed by atoms with Gasteiger partial charge in [0.2, 0.25) is 0 Å². The van der Waals surface area contributed by atoms with Crippen molar-refractivity contribution in [2.75, 3.05) is 31.6 Å². The molecule has 110 valence electrons. The molecule has 1 saturated heterocycles. The average Bonchev–Trinajstić information content (AvgIpc) is 2.38. The van der Waals surface area contributed by atoms with Crippen LogP contribution in [0.15, 0.2) is 6.07 Å². The minimum atomic E-state index is -0.387. The zero-order valence-electron chi connectivity index (χ0n) is 12.6. The molecule has 0 spiro atoms. The highest BCUT2D eigenvalue weighted by Gasteiger charge is 2.23. The minimum Gasteiger partial charge on any atom is -0.371 e. The molecule has 0 unspecified atom stereocenters. The van der Waals surface area contributed by atoms with E-state index in [9.17, 15) is 4.79 Å². The van der Waals surface area contributed by atoms with E-state index >= 15 is 0 Å². The molecule has 1 fully saturated rings. The third kappa shape index (κ3) is 3.10. The molecule has 1 aromatic heterocycles. The maximum atomic E-state index is 11.7. The summed E-state index contributed by atoms with van der Waals surface area (Å²) in [5, 5.41) is 3.24. The fraction of sp³-hybridized carbons (Fsp3) is 0.600. The molecule has 3 N–H and O–H groups in total. The van der Waals surface area contributed by atoms with Crippen molar-refractivity contribution < 1.29 is 4.79 Å². The number of anilines is 1. The second kappa shape index (κ2) is 6.22. The van der Waals surface area contributed by atoms with E-state index in [4.69, 9.17) is 5.73 Å². The van der Waals surface area contributed by atoms with E-state index in [0.29, 0.717) is 5.56 Å². The van der Waals surface area contributed by atoms with Crippen molar-refractivity contribution in [2.45, 2.75) is 26.7 Å². The van der Waals surface area contributed by atoms with E-state index in [-0.39, 0.29) is 5.91 Å². The van der Waals surface area contributed by atoms with Crippen LogP contribution < -0.4 is 16.0 Å². The van der Waals surface area contributed by atoms with Gasteiger partial charge < -0.3 is 16.0 Å². The van der Waals surface area contributed by atoms with Gasteiger partial charge in [-0.05, 0) is 52.3 Å². The average molecular weight is 276 g/mol. The molecule has 20 heavy (non-hydrogen) atoms. The molecule has 0 radical (unpaired) electrons. The van der Waals surface area contributed by atoms with Crippen molar-refractivity contribution in [3.05, 3.63) is 23.0 Å². The van der Waals surface area contributed by atoms with Crippen molar-refractivity contribution in [3.63, 3.8) is 0 Å². The molecule has 2 rings (SSSR count). The largest absolute Gasteiger partial charge is 0.371 e. The first-order chi connectivity index (χ1) is 9.52. The first kappa shape index (κ1) is 14.8. The van der Waals surface area contributed by atoms with Gasteiger partial charge in [0.15, 0.2) is 0 Å². The third-order valence-corrected chi connectivity index (χ3v) is 4.00. The summed E-state index contributed by atoms with van der Waals surface area (Å²) in [7, 11) is 1.99. The minimum absolute atomic E-state index is 0.387. The van der Waals surface area contributed by atoms with Crippen LogP contribution in [0.25, 0.3) is 0 Å². The van der Waals surface area contributed by atoms with E-state index < -0.39 is 0 Å². The highest BCUT2D eigenvalue weighted by molar-refractivity contribution is 5.99. The molecule has 5 nitrogen and oxygen atoms in total. The smallest absolute Gasteiger partial charge is 0.252 e. The summed E-state index contributed by atoms with van der Waals surface area (Å²) in [5.41, 5.74) is 8.71. The summed E-state index contributed by atoms with van der Waals surface area (Å²) in [5.74, 6) is 0.333. The lowest BCUT2D eigenvalue weighted by Crippen LogP contribution is -2.38. The first-order valence-electron chi connectivity index (χ1n) is 7.20. The van der Waals surface area contributed by atoms with Crippen LogP contribution in [-0.2, 0) is 0 Å². The van der Waals surface area contributed by atoms with Crippen LogP contribution >= 0.6 is 0 Å². The lowest BCUT2D eigenvalue weighted by atomic mass is 9.95. The molecular formula is C15H24N4O. The number of pyridine rings is 1. The van der Waals surface area contributed by atoms with Gasteiger partial charge >= 0.3 is 0 Å². The van der Waals surface area contributed by atoms with Gasteiger partial charge in [0.05, 0.1) is 16.9 Å². The van der Waals surface area contributed by atoms with E-state index in [1.165, 1.54) is 0 Å². The van der Waals surface area contributed by atoms with E-state index in [1.54, 1.807) is 0 Å². The van der Waals surface area contributed by atoms with Gasteiger partial charge in [-0.15, -0.1) is 0 Å². The summed E-state index contributed by atoms with van der Waals surface area (Å²) >= 11 is 0. The first-order valence-corrected chi connectivity index (χ1v) is 7.20. The van der Waals surface area contributed by atoms with Crippen molar-refractivity contribution in [1.82, 2.24) is 10.3 Å². The second-order valence-corrected chi connectivity index (χ2v) is 5.60. The SMILES string of the molecule is CNCC1CCN(c2cc(C)nc(C)c2C(N)=O)CC1. The lowest BCUT2D eigenvalue weighted by Gasteiger charge is -2.34. The molecule has 1 aromatic rings. The predicted octanol–water partition coefficient (Wildman–Crippen LogP) is 1.23. The number of primary amides is 1. The maximum Gasteiger partial charge on any atom is 0.252 e. The molecule has 0 saturated carbocycles. The fourth-order valence-corrected chi connectivity index (χ4v) is 3.03. The van der Waals surface area contributed by atoms with E-state index in [2.05, 4.69) is 15.2 Å². The number of rotatable bonds is 4. The quantitative estimate of drug-likeness (QED) is 0.868. The molecular weight excluding hydrogens is 252 g/mol. The summed E-state index contributed by atoms with van der Waals surface area (Å²) < 4.78 is 0. The number of hydrogen-bond acceptors (Lipinski definition) is 4. The van der Waals surface area contributed by atoms with Gasteiger partial charge in [0.25, 0.3) is 5.91 Å². The molecule has 0 atom stereocenters. The fourth-order valence-electron chi connectivity index (χ4n) is 3.03. The van der Waals surface area contributed by atoms with Gasteiger partial charge in [0.1, 0.15) is 0 Å². The summed E-state index contributed by atoms with van der Waals surface area (Å²) in [6, 6.07) is 1.98. The molecule has 0 aromatic carbocycles. The zero-order chi connectivity index (χ0) is 14.7. The van der Waals surface area contributed by atoms with Crippen LogP contribution in [0.3, 0.4) is 0 Å². The van der Waals surface area contributed by atoms with Gasteiger partial charge in [-0.1, -0.05) is 0 Å². The van der Waals surface area contributed by atoms with Crippen LogP contribution in [-0.4, -0.2) is 37.6 Å². The highest BCUT2D eigenvalue weighted by Crippen LogP contribution is 2.28. The van der Waals surface area contributed by atoms with Crippen LogP contribution in [0.1, 0.15) is 34.6 Å². The maximum absolute atomic E-state index is 11.7. The molecule has 0 aliphatic carbocycles. The summed E-state index contributed by atoms with van der Waals surface area (Å²) in [4.78, 5) is 18.3. The number of amides is 1. The number of aryl methyl sites for hydroxylation is 2. The zero-order valence-corrected chi connectivity index (χ0v) is 12.6. The number of carbonyl (C=O) groups excluding carboxylic acids is 1. The molecule has 1 aliphatic heterocycles. The summed E-state index contributed by atoms with van der Waals surface area (Å²) in [6.45, 7) is 6.80. The van der Waals surface area contributed by atoms with Crippen LogP contribution in [0, 0.1) is 19.8 Å². The van der Waals surface area contributed by atoms with Crippen molar-refractivity contribution in [1.29, 1.82) is 0 Å². The Bertz CT molecular complexity index is 493. The van der Waals surface area contributed by atoms with Gasteiger partial charge in [-0.3, -0.25) is 9.78 Å². The molecule has 1 aliphatic rings. The van der Waals surface area contributed by atoms with Gasteiger partial charge in [-0.2, -0.15) is 0 Å². The van der Waals surface area contributed by atoms with Crippen LogP contribution in [0.5, 0.6) is 0 Å². The topological polar surface area (TPSA) is 71.2 Å². The third-order valence-electron chi connectivity index (χ3n) is 4.00. The Morgan fingerprint density at radius 2 is 2.10 bits per heavy atom. The predicted molar refractivity (Wildman–Crippen MR) is 81.1 cm³/mol. The van der Waals surface area contributed by atoms with E-state index in [1.807, 2.05) is 27.0 Å². The molecule has 0 bridgehead atoms. The lowest BCUT2D eigenvalue weighted by molar-refractivity contribution is 0.0999. The Morgan fingerprint density at radius 3 is 2.65 bits per heavy atom. The standard InChI is InChI=1S/C15H24N4O/c1-10-8-13(14(15(16)20)11(2)18-10)19-6-4-12(5-7-19)9-17-3/h8,12,17H,4-7,9H2,1-3H3,(H2,16,20). The number of nitrogens with zero attached hydrogens (tertiary/aromatic N) is 2. The van der Waals surface area contributed by atoms with Gasteiger partial charge in [0, 0.05) is 18.8 Å². The Morgan fingerprint density at radius 1 is 1.45 bits per heavy atom. The summed E-state index contributed by atoms with van der Waals surface area (Å²) in [6.07, 6.45) is 2.28. The number of piperidine rings is 1. The highest BCUT2D eigenvalue weighted by atomic mass is 16.1. The van der Waals surface area contributed by atoms with Gasteiger partial charge in [-0.25, -0.2) is 0 Å². The van der Waals surface area contributed by atoms with Crippen molar-refractivity contribution >= 4 is 11.6 Å². The Labute approximate surface area is 120 Å². The Balaban J connectivity index is 2.23. The Hall–Kier alpha value is -1.62. The number of carbonyl (C=O) groups is 1. The van der Waals surface area contributed by atoms with Crippen LogP contribution in [0.4, 0.5) is 5.69 Å². The Kier molecular flexibility index (Phi) is 4.60.